The van der Waals surface area contributed by atoms with Crippen LogP contribution in [0.25, 0.3) is 0 Å². The van der Waals surface area contributed by atoms with Gasteiger partial charge in [-0.1, -0.05) is 46.7 Å². The number of pyridine rings is 2. The first kappa shape index (κ1) is 41.1. The molecule has 4 aliphatic rings. The Kier molecular flexibility index (Phi) is 12.1. The standard InChI is InChI=1S/2C18H25ClN2O4S/c2*1-16(2,3)24-15(22)21-9-13(26-14-7-6-12(19)8-20-14)18(10-21)11-23-17(4,5)25-18/h2*6-8,13H,9-11H2,1-5H3/t13-,18+;13-,18-/m00/s1. The topological polar surface area (TPSA) is 122 Å². The normalized spacial score (nSPS) is 27.9. The van der Waals surface area contributed by atoms with E-state index in [1.54, 1.807) is 57.9 Å². The van der Waals surface area contributed by atoms with Crippen LogP contribution in [-0.4, -0.2) is 116 Å². The minimum atomic E-state index is -0.684. The van der Waals surface area contributed by atoms with Gasteiger partial charge in [0.05, 0.1) is 56.9 Å². The van der Waals surface area contributed by atoms with Gasteiger partial charge < -0.3 is 38.2 Å². The summed E-state index contributed by atoms with van der Waals surface area (Å²) < 4.78 is 35.3. The Morgan fingerprint density at radius 2 is 1.08 bits per heavy atom. The van der Waals surface area contributed by atoms with Gasteiger partial charge in [-0.05, 0) is 93.5 Å². The van der Waals surface area contributed by atoms with Gasteiger partial charge in [-0.2, -0.15) is 0 Å². The molecule has 2 aromatic rings. The van der Waals surface area contributed by atoms with Crippen LogP contribution in [0.3, 0.4) is 0 Å². The summed E-state index contributed by atoms with van der Waals surface area (Å²) in [5.41, 5.74) is -2.27. The van der Waals surface area contributed by atoms with Crippen molar-refractivity contribution in [2.24, 2.45) is 0 Å². The quantitative estimate of drug-likeness (QED) is 0.299. The molecule has 2 aromatic heterocycles. The summed E-state index contributed by atoms with van der Waals surface area (Å²) in [6.45, 7) is 21.4. The van der Waals surface area contributed by atoms with E-state index < -0.39 is 34.0 Å². The first-order valence-corrected chi connectivity index (χ1v) is 19.7. The highest BCUT2D eigenvalue weighted by Gasteiger charge is 2.59. The SMILES string of the molecule is CC(C)(C)OC(=O)N1C[C@H](Sc2ccc(Cl)cn2)[C@@]2(COC(C)(C)O2)C1.CC(C)(C)OC(=O)N1C[C@H](Sc2ccc(Cl)cn2)[C@]2(COC(C)(C)O2)C1. The second-order valence-electron chi connectivity index (χ2n) is 16.3. The highest BCUT2D eigenvalue weighted by atomic mass is 35.5. The van der Waals surface area contributed by atoms with Crippen molar-refractivity contribution < 1.29 is 38.0 Å². The van der Waals surface area contributed by atoms with Crippen molar-refractivity contribution in [1.82, 2.24) is 19.8 Å². The molecule has 0 bridgehead atoms. The Bertz CT molecular complexity index is 1470. The molecule has 16 heteroatoms. The summed E-state index contributed by atoms with van der Waals surface area (Å²) >= 11 is 15.0. The van der Waals surface area contributed by atoms with E-state index in [0.717, 1.165) is 10.1 Å². The monoisotopic (exact) mass is 800 g/mol. The van der Waals surface area contributed by atoms with E-state index in [9.17, 15) is 9.59 Å². The molecule has 0 unspecified atom stereocenters. The van der Waals surface area contributed by atoms with Crippen LogP contribution < -0.4 is 0 Å². The summed E-state index contributed by atoms with van der Waals surface area (Å²) in [6.07, 6.45) is 2.56. The summed E-state index contributed by atoms with van der Waals surface area (Å²) in [4.78, 5) is 37.3. The maximum Gasteiger partial charge on any atom is 0.410 e. The highest BCUT2D eigenvalue weighted by molar-refractivity contribution is 8.00. The zero-order valence-corrected chi connectivity index (χ0v) is 34.6. The number of likely N-dealkylation sites (tertiary alicyclic amines) is 2. The number of hydrogen-bond acceptors (Lipinski definition) is 12. The Morgan fingerprint density at radius 3 is 1.35 bits per heavy atom. The molecule has 288 valence electrons. The van der Waals surface area contributed by atoms with Crippen molar-refractivity contribution in [1.29, 1.82) is 0 Å². The number of rotatable bonds is 4. The van der Waals surface area contributed by atoms with E-state index in [2.05, 4.69) is 9.97 Å². The molecule has 2 amide bonds. The van der Waals surface area contributed by atoms with Crippen LogP contribution in [0.2, 0.25) is 10.0 Å². The van der Waals surface area contributed by atoms with Crippen LogP contribution in [0.1, 0.15) is 69.2 Å². The van der Waals surface area contributed by atoms with E-state index in [4.69, 9.17) is 51.6 Å². The first-order valence-electron chi connectivity index (χ1n) is 17.2. The number of carbonyl (C=O) groups is 2. The molecule has 6 heterocycles. The molecule has 4 aliphatic heterocycles. The lowest BCUT2D eigenvalue weighted by Crippen LogP contribution is -2.45. The van der Waals surface area contributed by atoms with Gasteiger partial charge in [0.25, 0.3) is 0 Å². The second-order valence-corrected chi connectivity index (χ2v) is 19.6. The Balaban J connectivity index is 0.000000201. The van der Waals surface area contributed by atoms with Gasteiger partial charge >= 0.3 is 12.2 Å². The maximum absolute atomic E-state index is 12.6. The Hall–Kier alpha value is -2.04. The molecule has 0 aliphatic carbocycles. The Labute approximate surface area is 325 Å². The van der Waals surface area contributed by atoms with Gasteiger partial charge in [-0.25, -0.2) is 19.6 Å². The lowest BCUT2D eigenvalue weighted by Gasteiger charge is -2.29. The summed E-state index contributed by atoms with van der Waals surface area (Å²) in [5, 5.41) is 2.80. The summed E-state index contributed by atoms with van der Waals surface area (Å²) in [7, 11) is 0. The Morgan fingerprint density at radius 1 is 0.712 bits per heavy atom. The van der Waals surface area contributed by atoms with Crippen molar-refractivity contribution in [3.63, 3.8) is 0 Å². The van der Waals surface area contributed by atoms with E-state index in [0.29, 0.717) is 49.4 Å². The molecule has 12 nitrogen and oxygen atoms in total. The number of amides is 2. The molecule has 52 heavy (non-hydrogen) atoms. The molecule has 2 spiro atoms. The van der Waals surface area contributed by atoms with Crippen LogP contribution >= 0.6 is 46.7 Å². The zero-order chi connectivity index (χ0) is 38.3. The first-order chi connectivity index (χ1) is 24.0. The van der Waals surface area contributed by atoms with Crippen molar-refractivity contribution in [2.45, 2.75) is 124 Å². The van der Waals surface area contributed by atoms with Crippen molar-refractivity contribution >= 4 is 58.9 Å². The molecule has 0 N–H and O–H groups in total. The van der Waals surface area contributed by atoms with Crippen LogP contribution in [0.4, 0.5) is 9.59 Å². The molecular weight excluding hydrogens is 751 g/mol. The molecule has 6 rings (SSSR count). The molecule has 0 aromatic carbocycles. The van der Waals surface area contributed by atoms with Crippen LogP contribution in [-0.2, 0) is 28.4 Å². The van der Waals surface area contributed by atoms with Crippen LogP contribution in [0.5, 0.6) is 0 Å². The van der Waals surface area contributed by atoms with Crippen molar-refractivity contribution in [3.05, 3.63) is 46.7 Å². The fraction of sp³-hybridized carbons (Fsp3) is 0.667. The lowest BCUT2D eigenvalue weighted by molar-refractivity contribution is -0.157. The maximum atomic E-state index is 12.6. The fourth-order valence-electron chi connectivity index (χ4n) is 6.25. The third kappa shape index (κ3) is 10.6. The van der Waals surface area contributed by atoms with Gasteiger partial charge in [-0.3, -0.25) is 0 Å². The number of ether oxygens (including phenoxy) is 6. The van der Waals surface area contributed by atoms with E-state index >= 15 is 0 Å². The van der Waals surface area contributed by atoms with Crippen LogP contribution in [0.15, 0.2) is 46.7 Å². The summed E-state index contributed by atoms with van der Waals surface area (Å²) in [5.74, 6) is -1.37. The van der Waals surface area contributed by atoms with Gasteiger partial charge in [0, 0.05) is 25.5 Å². The molecule has 4 fully saturated rings. The molecule has 0 radical (unpaired) electrons. The average Bonchev–Trinajstić information content (AvgIpc) is 3.73. The minimum absolute atomic E-state index is 0.0227. The predicted octanol–water partition coefficient (Wildman–Crippen LogP) is 7.94. The van der Waals surface area contributed by atoms with Gasteiger partial charge in [0.1, 0.15) is 22.4 Å². The fourth-order valence-corrected chi connectivity index (χ4v) is 8.90. The molecule has 4 saturated heterocycles. The third-order valence-electron chi connectivity index (χ3n) is 8.32. The van der Waals surface area contributed by atoms with Crippen LogP contribution in [0, 0.1) is 0 Å². The lowest BCUT2D eigenvalue weighted by atomic mass is 10.0. The number of hydrogen-bond donors (Lipinski definition) is 0. The zero-order valence-electron chi connectivity index (χ0n) is 31.5. The van der Waals surface area contributed by atoms with E-state index in [1.807, 2.05) is 81.4 Å². The summed E-state index contributed by atoms with van der Waals surface area (Å²) in [6, 6.07) is 7.36. The number of nitrogens with zero attached hydrogens (tertiary/aromatic N) is 4. The number of carbonyl (C=O) groups excluding carboxylic acids is 2. The van der Waals surface area contributed by atoms with E-state index in [1.165, 1.54) is 0 Å². The number of halogens is 2. The largest absolute Gasteiger partial charge is 0.444 e. The second kappa shape index (κ2) is 15.2. The molecular formula is C36H50Cl2N4O8S2. The van der Waals surface area contributed by atoms with Gasteiger partial charge in [0.2, 0.25) is 0 Å². The van der Waals surface area contributed by atoms with E-state index in [-0.39, 0.29) is 22.7 Å². The number of aromatic nitrogens is 2. The number of thioether (sulfide) groups is 2. The van der Waals surface area contributed by atoms with Gasteiger partial charge in [0.15, 0.2) is 11.6 Å². The predicted molar refractivity (Wildman–Crippen MR) is 201 cm³/mol. The molecule has 4 atom stereocenters. The van der Waals surface area contributed by atoms with Crippen molar-refractivity contribution in [2.75, 3.05) is 39.4 Å². The molecule has 0 saturated carbocycles. The minimum Gasteiger partial charge on any atom is -0.444 e. The van der Waals surface area contributed by atoms with Gasteiger partial charge in [-0.15, -0.1) is 0 Å². The highest BCUT2D eigenvalue weighted by Crippen LogP contribution is 2.46. The third-order valence-corrected chi connectivity index (χ3v) is 11.5. The smallest absolute Gasteiger partial charge is 0.410 e. The average molecular weight is 802 g/mol. The van der Waals surface area contributed by atoms with Crippen molar-refractivity contribution in [3.8, 4) is 0 Å².